The Balaban J connectivity index is 1.41. The van der Waals surface area contributed by atoms with E-state index in [0.717, 1.165) is 18.5 Å². The first-order chi connectivity index (χ1) is 17.8. The first-order valence-corrected chi connectivity index (χ1v) is 11.9. The summed E-state index contributed by atoms with van der Waals surface area (Å²) in [5, 5.41) is 12.1. The average Bonchev–Trinajstić information content (AvgIpc) is 3.36. The molecule has 37 heavy (non-hydrogen) atoms. The van der Waals surface area contributed by atoms with Crippen LogP contribution in [0.25, 0.3) is 16.4 Å². The standard InChI is InChI=1S/C27H25F3N6O/c1-2-18(15-17-9-4-3-5-10-17)23(31)22-14-8-11-19(32-22)16-37-25-21-13-7-6-12-20(21)24-33-34-26(27(28,29)30)36(24)35-25/h3-14,18,23H,2,15-16,31H2,1H3/t18?,23-/m0/s1. The number of ether oxygens (including phenoxy) is 1. The zero-order valence-corrected chi connectivity index (χ0v) is 20.1. The Labute approximate surface area is 211 Å². The SMILES string of the molecule is CCC(Cc1ccccc1)[C@H](N)c1cccc(COc2nn3c(C(F)(F)F)nnc3c3ccccc23)n1. The van der Waals surface area contributed by atoms with Crippen molar-refractivity contribution >= 4 is 16.4 Å². The second-order valence-corrected chi connectivity index (χ2v) is 8.83. The van der Waals surface area contributed by atoms with Gasteiger partial charge in [-0.25, -0.2) is 0 Å². The Morgan fingerprint density at radius 2 is 1.65 bits per heavy atom. The van der Waals surface area contributed by atoms with Crippen LogP contribution in [0.4, 0.5) is 13.2 Å². The minimum Gasteiger partial charge on any atom is -0.470 e. The number of benzene rings is 2. The number of alkyl halides is 3. The second-order valence-electron chi connectivity index (χ2n) is 8.83. The molecule has 190 valence electrons. The molecule has 0 saturated heterocycles. The number of aromatic nitrogens is 5. The molecule has 1 unspecified atom stereocenters. The van der Waals surface area contributed by atoms with Crippen LogP contribution in [0.15, 0.2) is 72.8 Å². The van der Waals surface area contributed by atoms with Gasteiger partial charge in [0.05, 0.1) is 17.4 Å². The van der Waals surface area contributed by atoms with Crippen LogP contribution in [0.3, 0.4) is 0 Å². The van der Waals surface area contributed by atoms with Gasteiger partial charge in [-0.05, 0) is 36.1 Å². The number of hydrogen-bond acceptors (Lipinski definition) is 6. The van der Waals surface area contributed by atoms with Gasteiger partial charge >= 0.3 is 6.18 Å². The van der Waals surface area contributed by atoms with Gasteiger partial charge in [-0.2, -0.15) is 17.7 Å². The van der Waals surface area contributed by atoms with E-state index in [9.17, 15) is 13.2 Å². The molecule has 10 heteroatoms. The molecule has 0 aliphatic heterocycles. The third-order valence-electron chi connectivity index (χ3n) is 6.38. The maximum Gasteiger partial charge on any atom is 0.453 e. The highest BCUT2D eigenvalue weighted by Gasteiger charge is 2.38. The molecule has 5 rings (SSSR count). The fraction of sp³-hybridized carbons (Fsp3) is 0.259. The van der Waals surface area contributed by atoms with E-state index in [2.05, 4.69) is 34.4 Å². The summed E-state index contributed by atoms with van der Waals surface area (Å²) in [4.78, 5) is 4.70. The number of pyridine rings is 1. The van der Waals surface area contributed by atoms with E-state index in [1.54, 1.807) is 30.3 Å². The molecule has 3 aromatic heterocycles. The summed E-state index contributed by atoms with van der Waals surface area (Å²) in [5.41, 5.74) is 9.16. The molecule has 0 spiro atoms. The molecule has 0 aliphatic carbocycles. The lowest BCUT2D eigenvalue weighted by molar-refractivity contribution is -0.146. The number of fused-ring (bicyclic) bond motifs is 3. The van der Waals surface area contributed by atoms with Crippen LogP contribution in [0.1, 0.15) is 42.2 Å². The molecule has 0 fully saturated rings. The summed E-state index contributed by atoms with van der Waals surface area (Å²) in [6, 6.07) is 22.2. The lowest BCUT2D eigenvalue weighted by Crippen LogP contribution is -2.24. The summed E-state index contributed by atoms with van der Waals surface area (Å²) in [7, 11) is 0. The van der Waals surface area contributed by atoms with Gasteiger partial charge in [-0.1, -0.05) is 67.9 Å². The third kappa shape index (κ3) is 5.10. The van der Waals surface area contributed by atoms with Crippen molar-refractivity contribution in [2.24, 2.45) is 11.7 Å². The Hall–Kier alpha value is -4.05. The van der Waals surface area contributed by atoms with Crippen molar-refractivity contribution in [2.75, 3.05) is 0 Å². The van der Waals surface area contributed by atoms with Gasteiger partial charge in [0.1, 0.15) is 6.61 Å². The molecular formula is C27H25F3N6O. The Morgan fingerprint density at radius 3 is 2.38 bits per heavy atom. The van der Waals surface area contributed by atoms with Crippen molar-refractivity contribution in [2.45, 2.75) is 38.6 Å². The summed E-state index contributed by atoms with van der Waals surface area (Å²) >= 11 is 0. The van der Waals surface area contributed by atoms with Crippen molar-refractivity contribution < 1.29 is 17.9 Å². The normalized spacial score (nSPS) is 13.6. The van der Waals surface area contributed by atoms with Crippen LogP contribution in [-0.4, -0.2) is 24.8 Å². The highest BCUT2D eigenvalue weighted by molar-refractivity contribution is 5.96. The third-order valence-corrected chi connectivity index (χ3v) is 6.38. The first kappa shape index (κ1) is 24.6. The summed E-state index contributed by atoms with van der Waals surface area (Å²) in [6.07, 6.45) is -3.00. The van der Waals surface area contributed by atoms with E-state index in [4.69, 9.17) is 15.5 Å². The highest BCUT2D eigenvalue weighted by Crippen LogP contribution is 2.32. The molecule has 0 saturated carbocycles. The lowest BCUT2D eigenvalue weighted by Gasteiger charge is -2.23. The molecular weight excluding hydrogens is 481 g/mol. The van der Waals surface area contributed by atoms with Crippen LogP contribution >= 0.6 is 0 Å². The first-order valence-electron chi connectivity index (χ1n) is 11.9. The van der Waals surface area contributed by atoms with E-state index in [1.165, 1.54) is 5.56 Å². The predicted molar refractivity (Wildman–Crippen MR) is 133 cm³/mol. The van der Waals surface area contributed by atoms with Gasteiger partial charge in [0.2, 0.25) is 5.88 Å². The fourth-order valence-corrected chi connectivity index (χ4v) is 4.43. The second kappa shape index (κ2) is 10.1. The largest absolute Gasteiger partial charge is 0.470 e. The minimum absolute atomic E-state index is 0.00200. The average molecular weight is 507 g/mol. The smallest absolute Gasteiger partial charge is 0.453 e. The monoisotopic (exact) mass is 506 g/mol. The molecule has 3 heterocycles. The maximum absolute atomic E-state index is 13.5. The molecule has 0 aliphatic rings. The van der Waals surface area contributed by atoms with Crippen LogP contribution in [-0.2, 0) is 19.2 Å². The van der Waals surface area contributed by atoms with Gasteiger partial charge in [-0.15, -0.1) is 15.3 Å². The van der Waals surface area contributed by atoms with Crippen LogP contribution in [0.2, 0.25) is 0 Å². The minimum atomic E-state index is -4.71. The van der Waals surface area contributed by atoms with E-state index in [-0.39, 0.29) is 30.1 Å². The van der Waals surface area contributed by atoms with Gasteiger partial charge < -0.3 is 10.5 Å². The van der Waals surface area contributed by atoms with Crippen LogP contribution in [0.5, 0.6) is 5.88 Å². The zero-order valence-electron chi connectivity index (χ0n) is 20.1. The van der Waals surface area contributed by atoms with Crippen LogP contribution < -0.4 is 10.5 Å². The summed E-state index contributed by atoms with van der Waals surface area (Å²) < 4.78 is 47.0. The number of halogens is 3. The molecule has 5 aromatic rings. The van der Waals surface area contributed by atoms with Gasteiger partial charge in [-0.3, -0.25) is 4.98 Å². The van der Waals surface area contributed by atoms with Crippen molar-refractivity contribution in [3.63, 3.8) is 0 Å². The van der Waals surface area contributed by atoms with Crippen LogP contribution in [0, 0.1) is 5.92 Å². The number of rotatable bonds is 8. The lowest BCUT2D eigenvalue weighted by atomic mass is 9.88. The van der Waals surface area contributed by atoms with E-state index < -0.39 is 12.0 Å². The molecule has 2 atom stereocenters. The molecule has 0 radical (unpaired) electrons. The van der Waals surface area contributed by atoms with Crippen molar-refractivity contribution in [3.8, 4) is 5.88 Å². The van der Waals surface area contributed by atoms with Crippen molar-refractivity contribution in [3.05, 3.63) is 95.6 Å². The Bertz CT molecular complexity index is 1520. The molecule has 7 nitrogen and oxygen atoms in total. The maximum atomic E-state index is 13.5. The van der Waals surface area contributed by atoms with E-state index >= 15 is 0 Å². The number of nitrogens with zero attached hydrogens (tertiary/aromatic N) is 5. The number of nitrogens with two attached hydrogens (primary N) is 1. The molecule has 0 amide bonds. The fourth-order valence-electron chi connectivity index (χ4n) is 4.43. The van der Waals surface area contributed by atoms with Gasteiger partial charge in [0, 0.05) is 10.8 Å². The topological polar surface area (TPSA) is 91.2 Å². The van der Waals surface area contributed by atoms with Gasteiger partial charge in [0.25, 0.3) is 5.82 Å². The highest BCUT2D eigenvalue weighted by atomic mass is 19.4. The molecule has 0 bridgehead atoms. The quantitative estimate of drug-likeness (QED) is 0.297. The Kier molecular flexibility index (Phi) is 6.75. The summed E-state index contributed by atoms with van der Waals surface area (Å²) in [5.74, 6) is -0.998. The van der Waals surface area contributed by atoms with E-state index in [0.29, 0.717) is 21.0 Å². The predicted octanol–water partition coefficient (Wildman–Crippen LogP) is 5.54. The molecule has 2 N–H and O–H groups in total. The summed E-state index contributed by atoms with van der Waals surface area (Å²) in [6.45, 7) is 2.11. The molecule has 2 aromatic carbocycles. The zero-order chi connectivity index (χ0) is 26.0. The number of hydrogen-bond donors (Lipinski definition) is 1. The van der Waals surface area contributed by atoms with Crippen molar-refractivity contribution in [1.82, 2.24) is 24.8 Å². The van der Waals surface area contributed by atoms with E-state index in [1.807, 2.05) is 30.3 Å². The van der Waals surface area contributed by atoms with Crippen molar-refractivity contribution in [1.29, 1.82) is 0 Å². The Morgan fingerprint density at radius 1 is 0.919 bits per heavy atom. The van der Waals surface area contributed by atoms with Gasteiger partial charge in [0.15, 0.2) is 5.65 Å².